The molecular weight excluding hydrogens is 347 g/mol. The summed E-state index contributed by atoms with van der Waals surface area (Å²) in [6.45, 7) is 3.82. The first kappa shape index (κ1) is 17.8. The highest BCUT2D eigenvalue weighted by Gasteiger charge is 2.31. The van der Waals surface area contributed by atoms with E-state index in [1.54, 1.807) is 24.3 Å². The van der Waals surface area contributed by atoms with Gasteiger partial charge in [0.15, 0.2) is 5.82 Å². The Balaban J connectivity index is 2.03. The van der Waals surface area contributed by atoms with Gasteiger partial charge in [0.05, 0.1) is 6.10 Å². The smallest absolute Gasteiger partial charge is 0.491 e. The first-order valence-electron chi connectivity index (χ1n) is 7.84. The largest absolute Gasteiger partial charge is 0.573 e. The minimum Gasteiger partial charge on any atom is -0.491 e. The summed E-state index contributed by atoms with van der Waals surface area (Å²) in [6.07, 6.45) is -3.41. The minimum atomic E-state index is -4.76. The molecule has 1 aromatic heterocycles. The molecule has 5 nitrogen and oxygen atoms in total. The van der Waals surface area contributed by atoms with E-state index in [2.05, 4.69) is 19.9 Å². The van der Waals surface area contributed by atoms with Gasteiger partial charge < -0.3 is 9.47 Å². The van der Waals surface area contributed by atoms with Crippen molar-refractivity contribution in [2.45, 2.75) is 26.3 Å². The van der Waals surface area contributed by atoms with Crippen LogP contribution in [0.15, 0.2) is 48.8 Å². The molecule has 136 valence electrons. The molecule has 0 aliphatic heterocycles. The van der Waals surface area contributed by atoms with Crippen LogP contribution >= 0.6 is 0 Å². The maximum Gasteiger partial charge on any atom is 0.573 e. The van der Waals surface area contributed by atoms with E-state index in [1.807, 2.05) is 13.8 Å². The molecule has 0 aliphatic rings. The Kier molecular flexibility index (Phi) is 4.83. The van der Waals surface area contributed by atoms with E-state index in [1.165, 1.54) is 24.5 Å². The lowest BCUT2D eigenvalue weighted by Gasteiger charge is -2.14. The third-order valence-electron chi connectivity index (χ3n) is 3.43. The Morgan fingerprint density at radius 1 is 0.962 bits per heavy atom. The lowest BCUT2D eigenvalue weighted by molar-refractivity contribution is -0.274. The predicted molar refractivity (Wildman–Crippen MR) is 89.7 cm³/mol. The average Bonchev–Trinajstić information content (AvgIpc) is 3.08. The van der Waals surface area contributed by atoms with Crippen LogP contribution in [0.25, 0.3) is 22.5 Å². The van der Waals surface area contributed by atoms with Crippen molar-refractivity contribution in [1.29, 1.82) is 0 Å². The number of aromatic nitrogens is 3. The molecule has 0 unspecified atom stereocenters. The summed E-state index contributed by atoms with van der Waals surface area (Å²) in [5.41, 5.74) is 1.83. The van der Waals surface area contributed by atoms with Crippen LogP contribution in [-0.2, 0) is 0 Å². The van der Waals surface area contributed by atoms with Gasteiger partial charge in [0.1, 0.15) is 17.8 Å². The molecule has 0 atom stereocenters. The molecule has 0 radical (unpaired) electrons. The first-order chi connectivity index (χ1) is 12.3. The average molecular weight is 363 g/mol. The van der Waals surface area contributed by atoms with E-state index >= 15 is 0 Å². The van der Waals surface area contributed by atoms with Gasteiger partial charge in [0.25, 0.3) is 0 Å². The van der Waals surface area contributed by atoms with E-state index in [-0.39, 0.29) is 11.9 Å². The van der Waals surface area contributed by atoms with Crippen molar-refractivity contribution < 1.29 is 22.6 Å². The van der Waals surface area contributed by atoms with E-state index in [0.29, 0.717) is 28.3 Å². The van der Waals surface area contributed by atoms with Crippen LogP contribution in [0.3, 0.4) is 0 Å². The number of hydrogen-bond donors (Lipinski definition) is 1. The van der Waals surface area contributed by atoms with Crippen molar-refractivity contribution in [2.24, 2.45) is 0 Å². The van der Waals surface area contributed by atoms with Gasteiger partial charge in [-0.3, -0.25) is 5.10 Å². The number of hydrogen-bond acceptors (Lipinski definition) is 4. The molecule has 0 amide bonds. The lowest BCUT2D eigenvalue weighted by Crippen LogP contribution is -2.17. The summed E-state index contributed by atoms with van der Waals surface area (Å²) >= 11 is 0. The van der Waals surface area contributed by atoms with E-state index in [4.69, 9.17) is 4.74 Å². The summed E-state index contributed by atoms with van der Waals surface area (Å²) < 4.78 is 47.3. The normalized spacial score (nSPS) is 11.6. The highest BCUT2D eigenvalue weighted by Crippen LogP contribution is 2.35. The van der Waals surface area contributed by atoms with Gasteiger partial charge in [-0.15, -0.1) is 13.2 Å². The topological polar surface area (TPSA) is 60.0 Å². The predicted octanol–water partition coefficient (Wildman–Crippen LogP) is 4.82. The second-order valence-electron chi connectivity index (χ2n) is 5.78. The Labute approximate surface area is 147 Å². The number of nitrogens with one attached hydrogen (secondary N) is 1. The Morgan fingerprint density at radius 3 is 2.23 bits per heavy atom. The fourth-order valence-electron chi connectivity index (χ4n) is 2.49. The quantitative estimate of drug-likeness (QED) is 0.706. The molecule has 0 saturated carbocycles. The number of rotatable bonds is 5. The zero-order valence-corrected chi connectivity index (χ0v) is 14.0. The molecule has 26 heavy (non-hydrogen) atoms. The monoisotopic (exact) mass is 363 g/mol. The van der Waals surface area contributed by atoms with Gasteiger partial charge in [0.2, 0.25) is 0 Å². The van der Waals surface area contributed by atoms with Crippen LogP contribution < -0.4 is 9.47 Å². The number of H-pyrrole nitrogens is 1. The number of halogens is 3. The molecule has 0 saturated heterocycles. The number of alkyl halides is 3. The van der Waals surface area contributed by atoms with Crippen LogP contribution in [0.2, 0.25) is 0 Å². The summed E-state index contributed by atoms with van der Waals surface area (Å²) in [5.74, 6) is 0.812. The second kappa shape index (κ2) is 7.07. The number of benzene rings is 2. The van der Waals surface area contributed by atoms with Gasteiger partial charge in [-0.2, -0.15) is 5.10 Å². The Morgan fingerprint density at radius 2 is 1.65 bits per heavy atom. The number of nitrogens with zero attached hydrogens (tertiary/aromatic N) is 2. The zero-order chi connectivity index (χ0) is 18.7. The fourth-order valence-corrected chi connectivity index (χ4v) is 2.49. The second-order valence-corrected chi connectivity index (χ2v) is 5.78. The van der Waals surface area contributed by atoms with Crippen molar-refractivity contribution in [2.75, 3.05) is 0 Å². The highest BCUT2D eigenvalue weighted by atomic mass is 19.4. The zero-order valence-electron chi connectivity index (χ0n) is 14.0. The van der Waals surface area contributed by atoms with Crippen LogP contribution in [0.1, 0.15) is 13.8 Å². The molecule has 3 aromatic rings. The van der Waals surface area contributed by atoms with Crippen molar-refractivity contribution >= 4 is 0 Å². The summed E-state index contributed by atoms with van der Waals surface area (Å²) in [7, 11) is 0. The summed E-state index contributed by atoms with van der Waals surface area (Å²) in [6, 6.07) is 11.1. The maximum atomic E-state index is 12.6. The third-order valence-corrected chi connectivity index (χ3v) is 3.43. The Hall–Kier alpha value is -3.03. The standard InChI is InChI=1S/C18H16F3N3O2/c1-11(2)25-13-5-3-12(4-6-13)16-9-14(26-18(19,20)21)7-8-15(16)17-22-10-23-24-17/h3-11H,1-2H3,(H,22,23,24). The van der Waals surface area contributed by atoms with E-state index in [0.717, 1.165) is 0 Å². The van der Waals surface area contributed by atoms with E-state index < -0.39 is 6.36 Å². The SMILES string of the molecule is CC(C)Oc1ccc(-c2cc(OC(F)(F)F)ccc2-c2ncn[nH]2)cc1. The molecule has 8 heteroatoms. The number of ether oxygens (including phenoxy) is 2. The van der Waals surface area contributed by atoms with Crippen molar-refractivity contribution in [1.82, 2.24) is 15.2 Å². The molecule has 0 spiro atoms. The van der Waals surface area contributed by atoms with Gasteiger partial charge >= 0.3 is 6.36 Å². The van der Waals surface area contributed by atoms with Gasteiger partial charge in [0, 0.05) is 5.56 Å². The number of aromatic amines is 1. The molecule has 0 bridgehead atoms. The van der Waals surface area contributed by atoms with Crippen LogP contribution in [0.4, 0.5) is 13.2 Å². The lowest BCUT2D eigenvalue weighted by atomic mass is 9.98. The Bertz CT molecular complexity index is 860. The van der Waals surface area contributed by atoms with Crippen LogP contribution in [-0.4, -0.2) is 27.6 Å². The molecule has 0 fully saturated rings. The van der Waals surface area contributed by atoms with Crippen molar-refractivity contribution in [3.8, 4) is 34.0 Å². The molecule has 1 N–H and O–H groups in total. The van der Waals surface area contributed by atoms with Gasteiger partial charge in [-0.25, -0.2) is 4.98 Å². The minimum absolute atomic E-state index is 0.0223. The van der Waals surface area contributed by atoms with Crippen molar-refractivity contribution in [3.63, 3.8) is 0 Å². The summed E-state index contributed by atoms with van der Waals surface area (Å²) in [5, 5.41) is 6.51. The van der Waals surface area contributed by atoms with E-state index in [9.17, 15) is 13.2 Å². The molecule has 1 heterocycles. The van der Waals surface area contributed by atoms with Crippen LogP contribution in [0, 0.1) is 0 Å². The maximum absolute atomic E-state index is 12.6. The highest BCUT2D eigenvalue weighted by molar-refractivity contribution is 5.81. The fraction of sp³-hybridized carbons (Fsp3) is 0.222. The molecule has 3 rings (SSSR count). The van der Waals surface area contributed by atoms with Crippen molar-refractivity contribution in [3.05, 3.63) is 48.8 Å². The summed E-state index contributed by atoms with van der Waals surface area (Å²) in [4.78, 5) is 4.08. The molecular formula is C18H16F3N3O2. The van der Waals surface area contributed by atoms with Gasteiger partial charge in [-0.05, 0) is 55.3 Å². The third kappa shape index (κ3) is 4.33. The first-order valence-corrected chi connectivity index (χ1v) is 7.84. The molecule has 0 aliphatic carbocycles. The van der Waals surface area contributed by atoms with Crippen LogP contribution in [0.5, 0.6) is 11.5 Å². The molecule has 2 aromatic carbocycles. The van der Waals surface area contributed by atoms with Gasteiger partial charge in [-0.1, -0.05) is 12.1 Å².